The summed E-state index contributed by atoms with van der Waals surface area (Å²) in [5, 5.41) is 6.20. The van der Waals surface area contributed by atoms with E-state index in [1.54, 1.807) is 31.6 Å². The second kappa shape index (κ2) is 8.26. The number of carbonyl (C=O) groups excluding carboxylic acids is 3. The van der Waals surface area contributed by atoms with Gasteiger partial charge in [-0.2, -0.15) is 0 Å². The highest BCUT2D eigenvalue weighted by Gasteiger charge is 2.42. The summed E-state index contributed by atoms with van der Waals surface area (Å²) in [6.45, 7) is 1.94. The molecule has 7 heteroatoms. The highest BCUT2D eigenvalue weighted by molar-refractivity contribution is 6.03. The lowest BCUT2D eigenvalue weighted by Gasteiger charge is -2.35. The molecule has 2 N–H and O–H groups in total. The smallest absolute Gasteiger partial charge is 0.237 e. The fourth-order valence-corrected chi connectivity index (χ4v) is 4.14. The topological polar surface area (TPSA) is 97.6 Å². The number of ether oxygens (including phenoxy) is 1. The number of anilines is 1. The molecular weight excluding hydrogens is 396 g/mol. The van der Waals surface area contributed by atoms with Crippen molar-refractivity contribution < 1.29 is 23.5 Å². The van der Waals surface area contributed by atoms with E-state index in [-0.39, 0.29) is 24.1 Å². The number of benzene rings is 2. The number of piperidine rings is 1. The van der Waals surface area contributed by atoms with Gasteiger partial charge in [0, 0.05) is 29.1 Å². The van der Waals surface area contributed by atoms with Gasteiger partial charge in [-0.3, -0.25) is 19.7 Å². The van der Waals surface area contributed by atoms with Gasteiger partial charge in [-0.25, -0.2) is 0 Å². The van der Waals surface area contributed by atoms with E-state index in [0.717, 1.165) is 16.5 Å². The van der Waals surface area contributed by atoms with Gasteiger partial charge in [0.1, 0.15) is 11.3 Å². The van der Waals surface area contributed by atoms with Gasteiger partial charge in [-0.15, -0.1) is 0 Å². The second-order valence-corrected chi connectivity index (χ2v) is 7.74. The predicted octanol–water partition coefficient (Wildman–Crippen LogP) is 3.71. The molecule has 4 rings (SSSR count). The van der Waals surface area contributed by atoms with Crippen LogP contribution in [0.15, 0.2) is 53.1 Å². The summed E-state index contributed by atoms with van der Waals surface area (Å²) >= 11 is 0. The third kappa shape index (κ3) is 3.91. The molecule has 2 aromatic carbocycles. The maximum atomic E-state index is 12.6. The van der Waals surface area contributed by atoms with Crippen LogP contribution in [0.4, 0.5) is 5.69 Å². The van der Waals surface area contributed by atoms with Crippen molar-refractivity contribution in [1.29, 1.82) is 0 Å². The molecule has 1 fully saturated rings. The molecule has 1 aliphatic heterocycles. The number of rotatable bonds is 6. The first-order valence-corrected chi connectivity index (χ1v) is 10.2. The van der Waals surface area contributed by atoms with Gasteiger partial charge in [-0.1, -0.05) is 19.1 Å². The summed E-state index contributed by atoms with van der Waals surface area (Å²) < 4.78 is 10.7. The number of carbonyl (C=O) groups is 3. The summed E-state index contributed by atoms with van der Waals surface area (Å²) in [6, 6.07) is 12.7. The zero-order valence-corrected chi connectivity index (χ0v) is 17.5. The molecule has 0 saturated carbocycles. The molecular formula is C24H24N2O5. The molecule has 31 heavy (non-hydrogen) atoms. The van der Waals surface area contributed by atoms with Crippen LogP contribution in [0.1, 0.15) is 37.3 Å². The monoisotopic (exact) mass is 420 g/mol. The zero-order valence-electron chi connectivity index (χ0n) is 17.5. The predicted molar refractivity (Wildman–Crippen MR) is 116 cm³/mol. The molecule has 0 spiro atoms. The van der Waals surface area contributed by atoms with Crippen LogP contribution in [0, 0.1) is 0 Å². The highest BCUT2D eigenvalue weighted by Crippen LogP contribution is 2.36. The van der Waals surface area contributed by atoms with Gasteiger partial charge in [-0.05, 0) is 42.7 Å². The molecule has 0 aliphatic carbocycles. The van der Waals surface area contributed by atoms with Crippen molar-refractivity contribution in [2.24, 2.45) is 0 Å². The number of nitrogens with one attached hydrogen (secondary N) is 2. The van der Waals surface area contributed by atoms with Gasteiger partial charge >= 0.3 is 0 Å². The van der Waals surface area contributed by atoms with Gasteiger partial charge in [0.05, 0.1) is 25.2 Å². The normalized spacial score (nSPS) is 18.6. The molecule has 1 saturated heterocycles. The van der Waals surface area contributed by atoms with E-state index in [4.69, 9.17) is 9.15 Å². The molecule has 1 atom stereocenters. The Bertz CT molecular complexity index is 1150. The summed E-state index contributed by atoms with van der Waals surface area (Å²) in [6.07, 6.45) is 3.16. The first-order chi connectivity index (χ1) is 14.9. The Morgan fingerprint density at radius 2 is 1.97 bits per heavy atom. The molecule has 2 heterocycles. The number of furan rings is 1. The Morgan fingerprint density at radius 1 is 1.19 bits per heavy atom. The van der Waals surface area contributed by atoms with E-state index in [2.05, 4.69) is 10.6 Å². The third-order valence-corrected chi connectivity index (χ3v) is 6.01. The summed E-state index contributed by atoms with van der Waals surface area (Å²) in [5.74, 6) is 0.0333. The molecule has 1 aliphatic rings. The number of methoxy groups -OCH3 is 1. The van der Waals surface area contributed by atoms with Crippen LogP contribution in [-0.4, -0.2) is 24.8 Å². The average Bonchev–Trinajstić information content (AvgIpc) is 3.16. The Kier molecular flexibility index (Phi) is 5.50. The lowest BCUT2D eigenvalue weighted by Crippen LogP contribution is -2.51. The van der Waals surface area contributed by atoms with Crippen LogP contribution >= 0.6 is 0 Å². The maximum Gasteiger partial charge on any atom is 0.237 e. The van der Waals surface area contributed by atoms with E-state index in [9.17, 15) is 14.4 Å². The van der Waals surface area contributed by atoms with Crippen LogP contribution in [0.25, 0.3) is 11.0 Å². The SMILES string of the molecule is CCC1(c2ccc(NC(=O)Cc3coc4cc(OC)ccc34)cc2)CCC(=O)NC1=O. The Balaban J connectivity index is 1.46. The standard InChI is InChI=1S/C24H24N2O5/c1-3-24(11-10-21(27)26-23(24)29)16-4-6-17(7-5-16)25-22(28)12-15-14-31-20-13-18(30-2)8-9-19(15)20/h4-9,13-14H,3,10-12H2,1-2H3,(H,25,28)(H,26,27,29). The third-order valence-electron chi connectivity index (χ3n) is 6.01. The Hall–Kier alpha value is -3.61. The fourth-order valence-electron chi connectivity index (χ4n) is 4.14. The first-order valence-electron chi connectivity index (χ1n) is 10.2. The fraction of sp³-hybridized carbons (Fsp3) is 0.292. The molecule has 3 amide bonds. The minimum absolute atomic E-state index is 0.169. The number of hydrogen-bond donors (Lipinski definition) is 2. The summed E-state index contributed by atoms with van der Waals surface area (Å²) in [7, 11) is 1.59. The van der Waals surface area contributed by atoms with Gasteiger partial charge in [0.2, 0.25) is 17.7 Å². The lowest BCUT2D eigenvalue weighted by molar-refractivity contribution is -0.138. The van der Waals surface area contributed by atoms with E-state index in [1.165, 1.54) is 0 Å². The van der Waals surface area contributed by atoms with E-state index in [1.807, 2.05) is 31.2 Å². The highest BCUT2D eigenvalue weighted by atomic mass is 16.5. The van der Waals surface area contributed by atoms with Crippen molar-refractivity contribution in [2.45, 2.75) is 38.0 Å². The minimum Gasteiger partial charge on any atom is -0.497 e. The minimum atomic E-state index is -0.715. The van der Waals surface area contributed by atoms with Crippen molar-refractivity contribution in [3.63, 3.8) is 0 Å². The average molecular weight is 420 g/mol. The van der Waals surface area contributed by atoms with Gasteiger partial charge in [0.25, 0.3) is 0 Å². The number of amides is 3. The zero-order chi connectivity index (χ0) is 22.0. The lowest BCUT2D eigenvalue weighted by atomic mass is 9.72. The summed E-state index contributed by atoms with van der Waals surface area (Å²) in [5.41, 5.74) is 2.23. The molecule has 1 aromatic heterocycles. The largest absolute Gasteiger partial charge is 0.497 e. The molecule has 0 bridgehead atoms. The van der Waals surface area contributed by atoms with E-state index < -0.39 is 5.41 Å². The van der Waals surface area contributed by atoms with Crippen LogP contribution in [0.3, 0.4) is 0 Å². The first kappa shape index (κ1) is 20.7. The van der Waals surface area contributed by atoms with Gasteiger partial charge < -0.3 is 14.5 Å². The van der Waals surface area contributed by atoms with Crippen LogP contribution in [0.5, 0.6) is 5.75 Å². The molecule has 1 unspecified atom stereocenters. The number of hydrogen-bond acceptors (Lipinski definition) is 5. The molecule has 3 aromatic rings. The van der Waals surface area contributed by atoms with Gasteiger partial charge in [0.15, 0.2) is 0 Å². The van der Waals surface area contributed by atoms with E-state index in [0.29, 0.717) is 36.3 Å². The molecule has 160 valence electrons. The van der Waals surface area contributed by atoms with Crippen molar-refractivity contribution in [2.75, 3.05) is 12.4 Å². The summed E-state index contributed by atoms with van der Waals surface area (Å²) in [4.78, 5) is 36.6. The van der Waals surface area contributed by atoms with Crippen molar-refractivity contribution in [3.8, 4) is 5.75 Å². The second-order valence-electron chi connectivity index (χ2n) is 7.74. The van der Waals surface area contributed by atoms with Crippen LogP contribution in [0.2, 0.25) is 0 Å². The van der Waals surface area contributed by atoms with Crippen LogP contribution < -0.4 is 15.4 Å². The maximum absolute atomic E-state index is 12.6. The molecule has 0 radical (unpaired) electrons. The molecule has 7 nitrogen and oxygen atoms in total. The Morgan fingerprint density at radius 3 is 2.65 bits per heavy atom. The Labute approximate surface area is 179 Å². The van der Waals surface area contributed by atoms with Crippen LogP contribution in [-0.2, 0) is 26.2 Å². The van der Waals surface area contributed by atoms with Crippen molar-refractivity contribution >= 4 is 34.4 Å². The van der Waals surface area contributed by atoms with E-state index >= 15 is 0 Å². The van der Waals surface area contributed by atoms with Crippen molar-refractivity contribution in [3.05, 3.63) is 59.9 Å². The number of imide groups is 1. The quantitative estimate of drug-likeness (QED) is 0.593. The van der Waals surface area contributed by atoms with Crippen molar-refractivity contribution in [1.82, 2.24) is 5.32 Å². The number of fused-ring (bicyclic) bond motifs is 1.